The van der Waals surface area contributed by atoms with Gasteiger partial charge >= 0.3 is 5.97 Å². The van der Waals surface area contributed by atoms with E-state index in [-0.39, 0.29) is 12.3 Å². The molecule has 0 bridgehead atoms. The predicted octanol–water partition coefficient (Wildman–Crippen LogP) is 2.56. The highest BCUT2D eigenvalue weighted by Gasteiger charge is 2.28. The molecule has 0 saturated heterocycles. The number of benzene rings is 1. The number of aliphatic carboxylic acids is 1. The Hall–Kier alpha value is -2.63. The van der Waals surface area contributed by atoms with Crippen LogP contribution in [-0.4, -0.2) is 27.5 Å². The van der Waals surface area contributed by atoms with Crippen molar-refractivity contribution >= 4 is 11.9 Å². The summed E-state index contributed by atoms with van der Waals surface area (Å²) >= 11 is 0. The molecule has 0 aliphatic rings. The number of aryl methyl sites for hydroxylation is 2. The molecule has 0 fully saturated rings. The number of hydrogen-bond acceptors (Lipinski definition) is 4. The zero-order valence-corrected chi connectivity index (χ0v) is 13.4. The molecule has 6 heteroatoms. The van der Waals surface area contributed by atoms with E-state index in [1.807, 2.05) is 31.2 Å². The third-order valence-electron chi connectivity index (χ3n) is 3.44. The molecule has 0 spiro atoms. The lowest BCUT2D eigenvalue weighted by molar-refractivity contribution is -0.146. The van der Waals surface area contributed by atoms with Crippen LogP contribution in [0.3, 0.4) is 0 Å². The standard InChI is InChI=1S/C17H20N2O4/c1-11-4-6-12(7-5-11)13-10-18-15(23-13)9-8-14(20)19-17(2,3)16(21)22/h4-7,10H,8-9H2,1-3H3,(H,19,20)(H,21,22). The van der Waals surface area contributed by atoms with Crippen LogP contribution in [-0.2, 0) is 16.0 Å². The number of carboxylic acid groups (broad SMARTS) is 1. The first-order chi connectivity index (χ1) is 10.8. The van der Waals surface area contributed by atoms with Crippen molar-refractivity contribution in [2.45, 2.75) is 39.2 Å². The number of nitrogens with one attached hydrogen (secondary N) is 1. The molecule has 0 atom stereocenters. The van der Waals surface area contributed by atoms with Crippen LogP contribution in [0.2, 0.25) is 0 Å². The fraction of sp³-hybridized carbons (Fsp3) is 0.353. The molecule has 2 aromatic rings. The molecular formula is C17H20N2O4. The van der Waals surface area contributed by atoms with Gasteiger partial charge in [0.2, 0.25) is 5.91 Å². The van der Waals surface area contributed by atoms with E-state index >= 15 is 0 Å². The molecule has 0 aliphatic heterocycles. The third-order valence-corrected chi connectivity index (χ3v) is 3.44. The summed E-state index contributed by atoms with van der Waals surface area (Å²) in [4.78, 5) is 26.9. The largest absolute Gasteiger partial charge is 0.480 e. The molecule has 0 radical (unpaired) electrons. The molecule has 2 N–H and O–H groups in total. The average Bonchev–Trinajstić information content (AvgIpc) is 2.94. The summed E-state index contributed by atoms with van der Waals surface area (Å²) in [6, 6.07) is 7.86. The van der Waals surface area contributed by atoms with Gasteiger partial charge in [0.05, 0.1) is 6.20 Å². The Bertz CT molecular complexity index is 702. The molecule has 2 rings (SSSR count). The van der Waals surface area contributed by atoms with Gasteiger partial charge in [-0.2, -0.15) is 0 Å². The zero-order chi connectivity index (χ0) is 17.0. The highest BCUT2D eigenvalue weighted by Crippen LogP contribution is 2.21. The topological polar surface area (TPSA) is 92.4 Å². The van der Waals surface area contributed by atoms with Crippen LogP contribution in [0.1, 0.15) is 31.7 Å². The van der Waals surface area contributed by atoms with E-state index in [4.69, 9.17) is 9.52 Å². The van der Waals surface area contributed by atoms with Gasteiger partial charge in [-0.15, -0.1) is 0 Å². The fourth-order valence-electron chi connectivity index (χ4n) is 1.96. The van der Waals surface area contributed by atoms with Gasteiger partial charge in [0.1, 0.15) is 5.54 Å². The molecule has 1 aromatic heterocycles. The van der Waals surface area contributed by atoms with Crippen LogP contribution in [0.4, 0.5) is 0 Å². The number of nitrogens with zero attached hydrogens (tertiary/aromatic N) is 1. The van der Waals surface area contributed by atoms with Gasteiger partial charge < -0.3 is 14.8 Å². The highest BCUT2D eigenvalue weighted by molar-refractivity contribution is 5.86. The number of carbonyl (C=O) groups excluding carboxylic acids is 1. The van der Waals surface area contributed by atoms with Crippen molar-refractivity contribution in [2.24, 2.45) is 0 Å². The van der Waals surface area contributed by atoms with Crippen LogP contribution < -0.4 is 5.32 Å². The molecule has 122 valence electrons. The van der Waals surface area contributed by atoms with E-state index in [0.717, 1.165) is 11.1 Å². The van der Waals surface area contributed by atoms with Crippen molar-refractivity contribution in [3.05, 3.63) is 41.9 Å². The molecule has 6 nitrogen and oxygen atoms in total. The van der Waals surface area contributed by atoms with Gasteiger partial charge in [0.15, 0.2) is 11.7 Å². The van der Waals surface area contributed by atoms with Crippen LogP contribution in [0.15, 0.2) is 34.9 Å². The van der Waals surface area contributed by atoms with E-state index in [0.29, 0.717) is 18.1 Å². The van der Waals surface area contributed by atoms with Gasteiger partial charge in [-0.25, -0.2) is 9.78 Å². The quantitative estimate of drug-likeness (QED) is 0.854. The second kappa shape index (κ2) is 6.64. The first-order valence-electron chi connectivity index (χ1n) is 7.34. The number of amides is 1. The number of carbonyl (C=O) groups is 2. The molecule has 0 unspecified atom stereocenters. The van der Waals surface area contributed by atoms with E-state index in [1.165, 1.54) is 13.8 Å². The summed E-state index contributed by atoms with van der Waals surface area (Å²) in [6.45, 7) is 4.88. The number of aromatic nitrogens is 1. The van der Waals surface area contributed by atoms with Gasteiger partial charge in [-0.3, -0.25) is 4.79 Å². The van der Waals surface area contributed by atoms with Crippen LogP contribution in [0.5, 0.6) is 0 Å². The van der Waals surface area contributed by atoms with E-state index in [1.54, 1.807) is 6.20 Å². The van der Waals surface area contributed by atoms with Crippen molar-refractivity contribution in [3.8, 4) is 11.3 Å². The van der Waals surface area contributed by atoms with Crippen molar-refractivity contribution in [1.82, 2.24) is 10.3 Å². The third kappa shape index (κ3) is 4.42. The summed E-state index contributed by atoms with van der Waals surface area (Å²) < 4.78 is 5.63. The van der Waals surface area contributed by atoms with Crippen molar-refractivity contribution < 1.29 is 19.1 Å². The van der Waals surface area contributed by atoms with Crippen LogP contribution in [0, 0.1) is 6.92 Å². The van der Waals surface area contributed by atoms with Crippen molar-refractivity contribution in [1.29, 1.82) is 0 Å². The fourth-order valence-corrected chi connectivity index (χ4v) is 1.96. The Kier molecular flexibility index (Phi) is 4.83. The lowest BCUT2D eigenvalue weighted by Crippen LogP contribution is -2.49. The minimum absolute atomic E-state index is 0.116. The summed E-state index contributed by atoms with van der Waals surface area (Å²) in [5.74, 6) is -0.341. The minimum atomic E-state index is -1.29. The smallest absolute Gasteiger partial charge is 0.328 e. The minimum Gasteiger partial charge on any atom is -0.480 e. The van der Waals surface area contributed by atoms with Gasteiger partial charge in [-0.1, -0.05) is 29.8 Å². The number of hydrogen-bond donors (Lipinski definition) is 2. The summed E-state index contributed by atoms with van der Waals surface area (Å²) in [5, 5.41) is 11.4. The maximum atomic E-state index is 11.8. The molecule has 0 saturated carbocycles. The van der Waals surface area contributed by atoms with Crippen LogP contribution in [0.25, 0.3) is 11.3 Å². The monoisotopic (exact) mass is 316 g/mol. The lowest BCUT2D eigenvalue weighted by Gasteiger charge is -2.20. The van der Waals surface area contributed by atoms with E-state index < -0.39 is 11.5 Å². The van der Waals surface area contributed by atoms with Gasteiger partial charge in [0, 0.05) is 18.4 Å². The second-order valence-electron chi connectivity index (χ2n) is 5.96. The number of oxazole rings is 1. The molecule has 1 aromatic carbocycles. The Morgan fingerprint density at radius 2 is 1.91 bits per heavy atom. The maximum absolute atomic E-state index is 11.8. The van der Waals surface area contributed by atoms with Crippen molar-refractivity contribution in [2.75, 3.05) is 0 Å². The van der Waals surface area contributed by atoms with Gasteiger partial charge in [-0.05, 0) is 20.8 Å². The Morgan fingerprint density at radius 1 is 1.26 bits per heavy atom. The first-order valence-corrected chi connectivity index (χ1v) is 7.34. The van der Waals surface area contributed by atoms with E-state index in [9.17, 15) is 9.59 Å². The Labute approximate surface area is 134 Å². The number of rotatable bonds is 6. The molecular weight excluding hydrogens is 296 g/mol. The predicted molar refractivity (Wildman–Crippen MR) is 84.9 cm³/mol. The average molecular weight is 316 g/mol. The summed E-state index contributed by atoms with van der Waals surface area (Å²) in [7, 11) is 0. The lowest BCUT2D eigenvalue weighted by atomic mass is 10.1. The van der Waals surface area contributed by atoms with Crippen LogP contribution >= 0.6 is 0 Å². The van der Waals surface area contributed by atoms with E-state index in [2.05, 4.69) is 10.3 Å². The molecule has 1 amide bonds. The van der Waals surface area contributed by atoms with Crippen molar-refractivity contribution in [3.63, 3.8) is 0 Å². The summed E-state index contributed by atoms with van der Waals surface area (Å²) in [5.41, 5.74) is 0.790. The highest BCUT2D eigenvalue weighted by atomic mass is 16.4. The first kappa shape index (κ1) is 16.7. The normalized spacial score (nSPS) is 11.3. The number of carboxylic acids is 1. The molecule has 1 heterocycles. The Balaban J connectivity index is 1.93. The second-order valence-corrected chi connectivity index (χ2v) is 5.96. The SMILES string of the molecule is Cc1ccc(-c2cnc(CCC(=O)NC(C)(C)C(=O)O)o2)cc1. The molecule has 23 heavy (non-hydrogen) atoms. The zero-order valence-electron chi connectivity index (χ0n) is 13.4. The van der Waals surface area contributed by atoms with Gasteiger partial charge in [0.25, 0.3) is 0 Å². The maximum Gasteiger partial charge on any atom is 0.328 e. The Morgan fingerprint density at radius 3 is 2.52 bits per heavy atom. The summed E-state index contributed by atoms with van der Waals surface area (Å²) in [6.07, 6.45) is 2.05. The molecule has 0 aliphatic carbocycles.